The molecule has 4 aromatic rings. The van der Waals surface area contributed by atoms with Crippen molar-refractivity contribution in [2.75, 3.05) is 10.6 Å². The van der Waals surface area contributed by atoms with Crippen molar-refractivity contribution in [1.29, 1.82) is 0 Å². The van der Waals surface area contributed by atoms with Gasteiger partial charge in [-0.2, -0.15) is 0 Å². The summed E-state index contributed by atoms with van der Waals surface area (Å²) in [6.45, 7) is 4.93. The number of aromatic amines is 1. The van der Waals surface area contributed by atoms with Gasteiger partial charge in [0.2, 0.25) is 5.95 Å². The van der Waals surface area contributed by atoms with Gasteiger partial charge in [-0.15, -0.1) is 0 Å². The summed E-state index contributed by atoms with van der Waals surface area (Å²) in [4.78, 5) is 7.94. The van der Waals surface area contributed by atoms with E-state index in [1.807, 2.05) is 48.5 Å². The molecule has 1 aromatic heterocycles. The second-order valence-corrected chi connectivity index (χ2v) is 7.03. The Hall–Kier alpha value is -3.47. The molecule has 28 heavy (non-hydrogen) atoms. The number of nitrogens with zero attached hydrogens (tertiary/aromatic N) is 1. The van der Waals surface area contributed by atoms with E-state index in [0.29, 0.717) is 12.6 Å². The van der Waals surface area contributed by atoms with Crippen LogP contribution in [0.5, 0.6) is 11.5 Å². The average molecular weight is 372 g/mol. The standard InChI is InChI=1S/C23H24N4O/c1-16(2)25-18-10-13-21-22(14-18)27-23(26-21)24-15-17-8-11-20(12-9-17)28-19-6-4-3-5-7-19/h3-14,16,25H,15H2,1-2H3,(H2,24,26,27). The fraction of sp³-hybridized carbons (Fsp3) is 0.174. The lowest BCUT2D eigenvalue weighted by Gasteiger charge is -2.09. The molecule has 5 heteroatoms. The predicted molar refractivity (Wildman–Crippen MR) is 115 cm³/mol. The van der Waals surface area contributed by atoms with Crippen LogP contribution in [-0.4, -0.2) is 16.0 Å². The van der Waals surface area contributed by atoms with Gasteiger partial charge in [-0.3, -0.25) is 0 Å². The highest BCUT2D eigenvalue weighted by Crippen LogP contribution is 2.22. The molecule has 0 fully saturated rings. The third-order valence-electron chi connectivity index (χ3n) is 4.30. The molecule has 0 aliphatic heterocycles. The number of benzene rings is 3. The molecule has 3 aromatic carbocycles. The van der Waals surface area contributed by atoms with Gasteiger partial charge in [0.05, 0.1) is 11.0 Å². The number of rotatable bonds is 7. The Morgan fingerprint density at radius 3 is 2.43 bits per heavy atom. The van der Waals surface area contributed by atoms with Crippen molar-refractivity contribution in [1.82, 2.24) is 9.97 Å². The van der Waals surface area contributed by atoms with Crippen LogP contribution in [0.2, 0.25) is 0 Å². The van der Waals surface area contributed by atoms with Gasteiger partial charge in [-0.05, 0) is 61.9 Å². The van der Waals surface area contributed by atoms with Crippen molar-refractivity contribution in [3.63, 3.8) is 0 Å². The number of nitrogens with one attached hydrogen (secondary N) is 3. The van der Waals surface area contributed by atoms with Gasteiger partial charge in [0.25, 0.3) is 0 Å². The first-order valence-corrected chi connectivity index (χ1v) is 9.48. The number of H-pyrrole nitrogens is 1. The minimum atomic E-state index is 0.395. The van der Waals surface area contributed by atoms with Crippen molar-refractivity contribution in [2.45, 2.75) is 26.4 Å². The van der Waals surface area contributed by atoms with Gasteiger partial charge in [-0.25, -0.2) is 4.98 Å². The summed E-state index contributed by atoms with van der Waals surface area (Å²) in [7, 11) is 0. The van der Waals surface area contributed by atoms with E-state index < -0.39 is 0 Å². The smallest absolute Gasteiger partial charge is 0.201 e. The van der Waals surface area contributed by atoms with Crippen LogP contribution in [0.1, 0.15) is 19.4 Å². The van der Waals surface area contributed by atoms with Gasteiger partial charge in [0.15, 0.2) is 0 Å². The van der Waals surface area contributed by atoms with E-state index in [4.69, 9.17) is 4.74 Å². The zero-order valence-corrected chi connectivity index (χ0v) is 16.1. The summed E-state index contributed by atoms with van der Waals surface area (Å²) in [6.07, 6.45) is 0. The van der Waals surface area contributed by atoms with Gasteiger partial charge < -0.3 is 20.4 Å². The number of imidazole rings is 1. The number of anilines is 2. The van der Waals surface area contributed by atoms with E-state index in [1.54, 1.807) is 0 Å². The van der Waals surface area contributed by atoms with Crippen LogP contribution >= 0.6 is 0 Å². The summed E-state index contributed by atoms with van der Waals surface area (Å²) in [6, 6.07) is 24.4. The van der Waals surface area contributed by atoms with Crippen LogP contribution in [0, 0.1) is 0 Å². The molecule has 0 bridgehead atoms. The maximum atomic E-state index is 5.83. The fourth-order valence-corrected chi connectivity index (χ4v) is 3.00. The van der Waals surface area contributed by atoms with Crippen molar-refractivity contribution in [3.05, 3.63) is 78.4 Å². The zero-order chi connectivity index (χ0) is 19.3. The minimum Gasteiger partial charge on any atom is -0.457 e. The normalized spacial score (nSPS) is 11.0. The first-order valence-electron chi connectivity index (χ1n) is 9.48. The minimum absolute atomic E-state index is 0.395. The monoisotopic (exact) mass is 372 g/mol. The number of ether oxygens (including phenoxy) is 1. The maximum absolute atomic E-state index is 5.83. The van der Waals surface area contributed by atoms with E-state index in [9.17, 15) is 0 Å². The van der Waals surface area contributed by atoms with Gasteiger partial charge in [0, 0.05) is 18.3 Å². The lowest BCUT2D eigenvalue weighted by Crippen LogP contribution is -2.09. The second kappa shape index (κ2) is 8.05. The van der Waals surface area contributed by atoms with Crippen LogP contribution in [0.3, 0.4) is 0 Å². The summed E-state index contributed by atoms with van der Waals surface area (Å²) < 4.78 is 5.83. The van der Waals surface area contributed by atoms with E-state index in [-0.39, 0.29) is 0 Å². The highest BCUT2D eigenvalue weighted by Gasteiger charge is 2.05. The van der Waals surface area contributed by atoms with Gasteiger partial charge in [0.1, 0.15) is 11.5 Å². The van der Waals surface area contributed by atoms with E-state index >= 15 is 0 Å². The van der Waals surface area contributed by atoms with Crippen molar-refractivity contribution in [2.24, 2.45) is 0 Å². The van der Waals surface area contributed by atoms with Crippen molar-refractivity contribution in [3.8, 4) is 11.5 Å². The van der Waals surface area contributed by atoms with Crippen LogP contribution < -0.4 is 15.4 Å². The van der Waals surface area contributed by atoms with Crippen LogP contribution in [0.15, 0.2) is 72.8 Å². The molecular weight excluding hydrogens is 348 g/mol. The third kappa shape index (κ3) is 4.43. The molecule has 5 nitrogen and oxygen atoms in total. The van der Waals surface area contributed by atoms with E-state index in [0.717, 1.165) is 39.7 Å². The maximum Gasteiger partial charge on any atom is 0.201 e. The highest BCUT2D eigenvalue weighted by atomic mass is 16.5. The number of fused-ring (bicyclic) bond motifs is 1. The van der Waals surface area contributed by atoms with Crippen LogP contribution in [-0.2, 0) is 6.54 Å². The lowest BCUT2D eigenvalue weighted by atomic mass is 10.2. The number of aromatic nitrogens is 2. The number of hydrogen-bond donors (Lipinski definition) is 3. The molecule has 0 radical (unpaired) electrons. The number of hydrogen-bond acceptors (Lipinski definition) is 4. The molecule has 4 rings (SSSR count). The van der Waals surface area contributed by atoms with Crippen LogP contribution in [0.25, 0.3) is 11.0 Å². The molecule has 3 N–H and O–H groups in total. The molecule has 0 unspecified atom stereocenters. The van der Waals surface area contributed by atoms with Gasteiger partial charge in [-0.1, -0.05) is 30.3 Å². The first kappa shape index (κ1) is 17.9. The molecule has 0 saturated heterocycles. The van der Waals surface area contributed by atoms with Gasteiger partial charge >= 0.3 is 0 Å². The molecule has 0 aliphatic rings. The predicted octanol–water partition coefficient (Wildman–Crippen LogP) is 5.79. The van der Waals surface area contributed by atoms with Crippen molar-refractivity contribution < 1.29 is 4.74 Å². The third-order valence-corrected chi connectivity index (χ3v) is 4.30. The Balaban J connectivity index is 1.38. The topological polar surface area (TPSA) is 62.0 Å². The molecule has 0 spiro atoms. The fourth-order valence-electron chi connectivity index (χ4n) is 3.00. The SMILES string of the molecule is CC(C)Nc1ccc2nc(NCc3ccc(Oc4ccccc4)cc3)[nH]c2c1. The van der Waals surface area contributed by atoms with E-state index in [2.05, 4.69) is 58.7 Å². The Kier molecular flexibility index (Phi) is 5.15. The second-order valence-electron chi connectivity index (χ2n) is 7.03. The summed E-state index contributed by atoms with van der Waals surface area (Å²) in [5.41, 5.74) is 4.21. The quantitative estimate of drug-likeness (QED) is 0.384. The largest absolute Gasteiger partial charge is 0.457 e. The molecule has 1 heterocycles. The summed E-state index contributed by atoms with van der Waals surface area (Å²) >= 11 is 0. The Bertz CT molecular complexity index is 1040. The zero-order valence-electron chi connectivity index (χ0n) is 16.1. The molecule has 142 valence electrons. The highest BCUT2D eigenvalue weighted by molar-refractivity contribution is 5.81. The Morgan fingerprint density at radius 2 is 1.68 bits per heavy atom. The average Bonchev–Trinajstić information content (AvgIpc) is 3.10. The Morgan fingerprint density at radius 1 is 0.929 bits per heavy atom. The Labute approximate surface area is 164 Å². The summed E-state index contributed by atoms with van der Waals surface area (Å²) in [5.74, 6) is 2.42. The number of para-hydroxylation sites is 1. The molecular formula is C23H24N4O. The molecule has 0 saturated carbocycles. The molecule has 0 amide bonds. The first-order chi connectivity index (χ1) is 13.7. The van der Waals surface area contributed by atoms with E-state index in [1.165, 1.54) is 0 Å². The molecule has 0 aliphatic carbocycles. The van der Waals surface area contributed by atoms with Crippen molar-refractivity contribution >= 4 is 22.7 Å². The summed E-state index contributed by atoms with van der Waals surface area (Å²) in [5, 5.41) is 6.76. The van der Waals surface area contributed by atoms with Crippen LogP contribution in [0.4, 0.5) is 11.6 Å². The molecule has 0 atom stereocenters. The lowest BCUT2D eigenvalue weighted by molar-refractivity contribution is 0.482.